The van der Waals surface area contributed by atoms with Gasteiger partial charge in [0.15, 0.2) is 0 Å². The molecule has 0 N–H and O–H groups in total. The Bertz CT molecular complexity index is 1790. The Morgan fingerprint density at radius 1 is 0.385 bits per heavy atom. The summed E-state index contributed by atoms with van der Waals surface area (Å²) < 4.78 is 5.68. The van der Waals surface area contributed by atoms with E-state index in [1.807, 2.05) is 34.0 Å². The molecule has 190 valence electrons. The summed E-state index contributed by atoms with van der Waals surface area (Å²) in [5, 5.41) is 0. The summed E-state index contributed by atoms with van der Waals surface area (Å²) in [5.74, 6) is 0. The number of hydrogen-bond donors (Lipinski definition) is 0. The van der Waals surface area contributed by atoms with Crippen LogP contribution in [0, 0.1) is 27.7 Å². The fourth-order valence-electron chi connectivity index (χ4n) is 5.88. The lowest BCUT2D eigenvalue weighted by Gasteiger charge is -2.12. The van der Waals surface area contributed by atoms with Gasteiger partial charge in [-0.3, -0.25) is 0 Å². The van der Waals surface area contributed by atoms with Gasteiger partial charge in [0, 0.05) is 19.2 Å². The van der Waals surface area contributed by atoms with Gasteiger partial charge in [-0.15, -0.1) is 34.0 Å². The Hall–Kier alpha value is -3.50. The first-order valence-electron chi connectivity index (χ1n) is 13.3. The third kappa shape index (κ3) is 4.26. The average molecular weight is 557 g/mol. The third-order valence-corrected chi connectivity index (χ3v) is 11.4. The van der Waals surface area contributed by atoms with Crippen LogP contribution in [0.3, 0.4) is 0 Å². The molecule has 39 heavy (non-hydrogen) atoms. The highest BCUT2D eigenvalue weighted by Crippen LogP contribution is 2.50. The normalized spacial score (nSPS) is 11.6. The minimum absolute atomic E-state index is 1.28. The molecule has 0 aliphatic heterocycles. The number of rotatable bonds is 4. The zero-order chi connectivity index (χ0) is 26.7. The van der Waals surface area contributed by atoms with E-state index in [0.717, 1.165) is 0 Å². The molecule has 0 nitrogen and oxygen atoms in total. The molecule has 7 aromatic rings. The molecule has 0 fully saturated rings. The van der Waals surface area contributed by atoms with Gasteiger partial charge in [0.2, 0.25) is 0 Å². The molecular weight excluding hydrogens is 529 g/mol. The predicted molar refractivity (Wildman–Crippen MR) is 176 cm³/mol. The van der Waals surface area contributed by atoms with Crippen LogP contribution in [-0.2, 0) is 0 Å². The lowest BCUT2D eigenvalue weighted by molar-refractivity contribution is 1.39. The van der Waals surface area contributed by atoms with Crippen LogP contribution < -0.4 is 0 Å². The smallest absolute Gasteiger partial charge is 0.0636 e. The first-order chi connectivity index (χ1) is 19.0. The van der Waals surface area contributed by atoms with Crippen LogP contribution in [0.4, 0.5) is 0 Å². The Labute approximate surface area is 241 Å². The van der Waals surface area contributed by atoms with Crippen LogP contribution >= 0.6 is 34.0 Å². The van der Waals surface area contributed by atoms with Gasteiger partial charge in [0.1, 0.15) is 0 Å². The molecule has 0 saturated carbocycles. The van der Waals surface area contributed by atoms with E-state index in [1.165, 1.54) is 84.2 Å². The molecule has 0 unspecified atom stereocenters. The maximum atomic E-state index is 2.42. The van der Waals surface area contributed by atoms with Gasteiger partial charge >= 0.3 is 0 Å². The Morgan fingerprint density at radius 3 is 1.10 bits per heavy atom. The van der Waals surface area contributed by atoms with Crippen molar-refractivity contribution in [1.82, 2.24) is 0 Å². The van der Waals surface area contributed by atoms with Crippen LogP contribution in [0.5, 0.6) is 0 Å². The maximum Gasteiger partial charge on any atom is 0.0636 e. The number of fused-ring (bicyclic) bond motifs is 3. The van der Waals surface area contributed by atoms with Crippen LogP contribution in [0.25, 0.3) is 61.9 Å². The summed E-state index contributed by atoms with van der Waals surface area (Å²) in [6, 6.07) is 35.6. The van der Waals surface area contributed by atoms with Gasteiger partial charge in [0.05, 0.1) is 9.40 Å². The second kappa shape index (κ2) is 9.60. The van der Waals surface area contributed by atoms with E-state index in [9.17, 15) is 0 Å². The highest BCUT2D eigenvalue weighted by atomic mass is 32.1. The van der Waals surface area contributed by atoms with E-state index in [1.54, 1.807) is 0 Å². The van der Waals surface area contributed by atoms with Crippen molar-refractivity contribution < 1.29 is 0 Å². The maximum absolute atomic E-state index is 2.42. The topological polar surface area (TPSA) is 0 Å². The first kappa shape index (κ1) is 24.5. The van der Waals surface area contributed by atoms with Crippen molar-refractivity contribution in [3.05, 3.63) is 119 Å². The van der Waals surface area contributed by atoms with E-state index in [0.29, 0.717) is 0 Å². The van der Waals surface area contributed by atoms with E-state index in [2.05, 4.69) is 125 Å². The van der Waals surface area contributed by atoms with Crippen molar-refractivity contribution >= 4 is 52.8 Å². The molecule has 0 saturated heterocycles. The summed E-state index contributed by atoms with van der Waals surface area (Å²) in [6.45, 7) is 9.02. The molecule has 7 rings (SSSR count). The number of benzene rings is 4. The molecule has 3 aromatic heterocycles. The predicted octanol–water partition coefficient (Wildman–Crippen LogP) is 12.1. The molecule has 4 aromatic carbocycles. The van der Waals surface area contributed by atoms with Crippen molar-refractivity contribution in [1.29, 1.82) is 0 Å². The molecule has 0 atom stereocenters. The largest absolute Gasteiger partial charge is 0.133 e. The molecule has 0 spiro atoms. The van der Waals surface area contributed by atoms with Gasteiger partial charge < -0.3 is 0 Å². The number of aryl methyl sites for hydroxylation is 4. The van der Waals surface area contributed by atoms with Crippen molar-refractivity contribution in [2.24, 2.45) is 0 Å². The van der Waals surface area contributed by atoms with Crippen LogP contribution in [-0.4, -0.2) is 0 Å². The fraction of sp³-hybridized carbons (Fsp3) is 0.111. The van der Waals surface area contributed by atoms with Gasteiger partial charge in [0.25, 0.3) is 0 Å². The molecule has 0 amide bonds. The van der Waals surface area contributed by atoms with Crippen molar-refractivity contribution in [3.63, 3.8) is 0 Å². The Kier molecular flexibility index (Phi) is 6.04. The lowest BCUT2D eigenvalue weighted by Crippen LogP contribution is -1.88. The molecule has 0 aliphatic carbocycles. The van der Waals surface area contributed by atoms with Crippen molar-refractivity contribution in [3.8, 4) is 43.1 Å². The summed E-state index contributed by atoms with van der Waals surface area (Å²) in [6.07, 6.45) is 0. The fourth-order valence-corrected chi connectivity index (χ4v) is 10.3. The standard InChI is InChI=1S/C36H28S3/c1-21-15-27(25-11-7-5-8-12-25)16-22(2)33(21)29-19-31-35(38-29)36-32(37-31)20-30(39-36)34-23(3)17-28(18-24(34)4)26-13-9-6-10-14-26/h5-20H,1-4H3. The zero-order valence-electron chi connectivity index (χ0n) is 22.5. The Balaban J connectivity index is 1.28. The summed E-state index contributed by atoms with van der Waals surface area (Å²) >= 11 is 5.84. The van der Waals surface area contributed by atoms with Gasteiger partial charge in [-0.1, -0.05) is 84.9 Å². The first-order valence-corrected chi connectivity index (χ1v) is 15.7. The summed E-state index contributed by atoms with van der Waals surface area (Å²) in [7, 11) is 0. The quantitative estimate of drug-likeness (QED) is 0.202. The molecule has 3 heterocycles. The number of thiophene rings is 3. The second-order valence-electron chi connectivity index (χ2n) is 10.4. The Morgan fingerprint density at radius 2 is 0.744 bits per heavy atom. The highest BCUT2D eigenvalue weighted by Gasteiger charge is 2.19. The van der Waals surface area contributed by atoms with Gasteiger partial charge in [-0.2, -0.15) is 0 Å². The third-order valence-electron chi connectivity index (χ3n) is 7.59. The highest BCUT2D eigenvalue weighted by molar-refractivity contribution is 7.40. The summed E-state index contributed by atoms with van der Waals surface area (Å²) in [4.78, 5) is 2.75. The lowest BCUT2D eigenvalue weighted by atomic mass is 9.95. The van der Waals surface area contributed by atoms with E-state index >= 15 is 0 Å². The van der Waals surface area contributed by atoms with E-state index < -0.39 is 0 Å². The minimum Gasteiger partial charge on any atom is -0.133 e. The van der Waals surface area contributed by atoms with E-state index in [4.69, 9.17) is 0 Å². The van der Waals surface area contributed by atoms with Crippen LogP contribution in [0.15, 0.2) is 97.1 Å². The molecule has 0 radical (unpaired) electrons. The van der Waals surface area contributed by atoms with Gasteiger partial charge in [-0.25, -0.2) is 0 Å². The second-order valence-corrected chi connectivity index (χ2v) is 13.6. The SMILES string of the molecule is Cc1cc(-c2ccccc2)cc(C)c1-c1cc2sc3cc(-c4c(C)cc(-c5ccccc5)cc4C)sc3c2s1. The van der Waals surface area contributed by atoms with Gasteiger partial charge in [-0.05, 0) is 95.5 Å². The van der Waals surface area contributed by atoms with Crippen LogP contribution in [0.2, 0.25) is 0 Å². The molecule has 0 aliphatic rings. The molecule has 3 heteroatoms. The molecular formula is C36H28S3. The van der Waals surface area contributed by atoms with E-state index in [-0.39, 0.29) is 0 Å². The monoisotopic (exact) mass is 556 g/mol. The average Bonchev–Trinajstić information content (AvgIpc) is 3.60. The van der Waals surface area contributed by atoms with Crippen molar-refractivity contribution in [2.45, 2.75) is 27.7 Å². The van der Waals surface area contributed by atoms with Crippen molar-refractivity contribution in [2.75, 3.05) is 0 Å². The zero-order valence-corrected chi connectivity index (χ0v) is 24.9. The van der Waals surface area contributed by atoms with Crippen LogP contribution in [0.1, 0.15) is 22.3 Å². The minimum atomic E-state index is 1.28. The number of hydrogen-bond acceptors (Lipinski definition) is 3. The molecule has 0 bridgehead atoms. The summed E-state index contributed by atoms with van der Waals surface area (Å²) in [5.41, 5.74) is 13.3.